The molecule has 0 aliphatic carbocycles. The maximum absolute atomic E-state index is 12.0. The van der Waals surface area contributed by atoms with Gasteiger partial charge in [0.2, 0.25) is 0 Å². The van der Waals surface area contributed by atoms with Crippen molar-refractivity contribution in [2.45, 2.75) is 19.8 Å². The number of carbonyl (C=O) groups is 2. The van der Waals surface area contributed by atoms with Gasteiger partial charge in [0.25, 0.3) is 5.91 Å². The van der Waals surface area contributed by atoms with Gasteiger partial charge in [-0.05, 0) is 31.3 Å². The Balaban J connectivity index is 2.13. The lowest BCUT2D eigenvalue weighted by Gasteiger charge is -2.37. The molecule has 1 unspecified atom stereocenters. The van der Waals surface area contributed by atoms with Crippen molar-refractivity contribution in [2.75, 3.05) is 13.1 Å². The molecule has 1 saturated heterocycles. The molecule has 1 aliphatic rings. The molecule has 2 rings (SSSR count). The molecule has 7 heteroatoms. The van der Waals surface area contributed by atoms with Gasteiger partial charge in [0, 0.05) is 13.1 Å². The fourth-order valence-electron chi connectivity index (χ4n) is 2.00. The summed E-state index contributed by atoms with van der Waals surface area (Å²) in [5.74, 6) is -1.02. The van der Waals surface area contributed by atoms with Crippen molar-refractivity contribution in [3.63, 3.8) is 0 Å². The number of carboxylic acid groups (broad SMARTS) is 1. The molecule has 17 heavy (non-hydrogen) atoms. The number of carbonyl (C=O) groups excluding carboxylic acids is 1. The first-order valence-electron chi connectivity index (χ1n) is 5.33. The summed E-state index contributed by atoms with van der Waals surface area (Å²) < 4.78 is 3.64. The fourth-order valence-corrected chi connectivity index (χ4v) is 2.49. The largest absolute Gasteiger partial charge is 0.481 e. The Morgan fingerprint density at radius 3 is 2.94 bits per heavy atom. The van der Waals surface area contributed by atoms with Crippen LogP contribution in [0, 0.1) is 5.41 Å². The normalized spacial score (nSPS) is 24.6. The number of rotatable bonds is 2. The van der Waals surface area contributed by atoms with E-state index < -0.39 is 11.4 Å². The second-order valence-electron chi connectivity index (χ2n) is 4.48. The molecule has 1 amide bonds. The van der Waals surface area contributed by atoms with E-state index in [-0.39, 0.29) is 12.5 Å². The van der Waals surface area contributed by atoms with Gasteiger partial charge in [-0.25, -0.2) is 0 Å². The van der Waals surface area contributed by atoms with E-state index in [9.17, 15) is 9.59 Å². The average molecular weight is 255 g/mol. The van der Waals surface area contributed by atoms with Crippen LogP contribution in [0.5, 0.6) is 0 Å². The van der Waals surface area contributed by atoms with Crippen LogP contribution in [0.2, 0.25) is 0 Å². The number of amides is 1. The van der Waals surface area contributed by atoms with Crippen LogP contribution in [0.25, 0.3) is 0 Å². The van der Waals surface area contributed by atoms with Crippen molar-refractivity contribution in [2.24, 2.45) is 5.41 Å². The third-order valence-corrected chi connectivity index (χ3v) is 3.72. The van der Waals surface area contributed by atoms with Crippen molar-refractivity contribution >= 4 is 23.4 Å². The van der Waals surface area contributed by atoms with Crippen LogP contribution in [0.1, 0.15) is 29.4 Å². The SMILES string of the molecule is CC1(C(=O)O)CCCN(C(=O)c2cnns2)C1. The standard InChI is InChI=1S/C10H13N3O3S/c1-10(9(15)16)3-2-4-13(6-10)8(14)7-5-11-12-17-7/h5H,2-4,6H2,1H3,(H,15,16). The first-order chi connectivity index (χ1) is 8.03. The van der Waals surface area contributed by atoms with Crippen molar-refractivity contribution in [3.8, 4) is 0 Å². The number of nitrogens with zero attached hydrogens (tertiary/aromatic N) is 3. The van der Waals surface area contributed by atoms with E-state index in [4.69, 9.17) is 5.11 Å². The van der Waals surface area contributed by atoms with Crippen molar-refractivity contribution in [1.82, 2.24) is 14.5 Å². The van der Waals surface area contributed by atoms with E-state index in [1.807, 2.05) is 0 Å². The molecule has 0 radical (unpaired) electrons. The van der Waals surface area contributed by atoms with E-state index >= 15 is 0 Å². The third kappa shape index (κ3) is 2.28. The summed E-state index contributed by atoms with van der Waals surface area (Å²) in [6.45, 7) is 2.53. The first-order valence-corrected chi connectivity index (χ1v) is 6.10. The summed E-state index contributed by atoms with van der Waals surface area (Å²) in [5.41, 5.74) is -0.841. The highest BCUT2D eigenvalue weighted by Gasteiger charge is 2.39. The lowest BCUT2D eigenvalue weighted by Crippen LogP contribution is -2.48. The smallest absolute Gasteiger partial charge is 0.311 e. The monoisotopic (exact) mass is 255 g/mol. The summed E-state index contributed by atoms with van der Waals surface area (Å²) in [6.07, 6.45) is 2.73. The van der Waals surface area contributed by atoms with E-state index in [2.05, 4.69) is 9.59 Å². The van der Waals surface area contributed by atoms with Crippen LogP contribution in [0.3, 0.4) is 0 Å². The molecule has 92 valence electrons. The van der Waals surface area contributed by atoms with Crippen molar-refractivity contribution in [1.29, 1.82) is 0 Å². The van der Waals surface area contributed by atoms with Gasteiger partial charge in [0.05, 0.1) is 11.6 Å². The molecule has 1 aliphatic heterocycles. The minimum absolute atomic E-state index is 0.174. The molecule has 1 atom stereocenters. The van der Waals surface area contributed by atoms with Gasteiger partial charge >= 0.3 is 5.97 Å². The van der Waals surface area contributed by atoms with Crippen LogP contribution in [-0.4, -0.2) is 44.6 Å². The van der Waals surface area contributed by atoms with Gasteiger partial charge in [-0.2, -0.15) is 0 Å². The third-order valence-electron chi connectivity index (χ3n) is 3.07. The van der Waals surface area contributed by atoms with Gasteiger partial charge in [0.15, 0.2) is 0 Å². The molecule has 1 fully saturated rings. The van der Waals surface area contributed by atoms with Crippen LogP contribution in [-0.2, 0) is 4.79 Å². The zero-order valence-corrected chi connectivity index (χ0v) is 10.2. The number of carboxylic acids is 1. The quantitative estimate of drug-likeness (QED) is 0.847. The molecule has 0 spiro atoms. The first kappa shape index (κ1) is 12.0. The van der Waals surface area contributed by atoms with E-state index in [0.717, 1.165) is 11.5 Å². The summed E-state index contributed by atoms with van der Waals surface area (Å²) in [7, 11) is 0. The molecule has 0 saturated carbocycles. The van der Waals surface area contributed by atoms with Gasteiger partial charge in [-0.15, -0.1) is 5.10 Å². The van der Waals surface area contributed by atoms with Gasteiger partial charge in [-0.3, -0.25) is 9.59 Å². The number of aromatic nitrogens is 2. The Kier molecular flexibility index (Phi) is 3.10. The van der Waals surface area contributed by atoms with Gasteiger partial charge < -0.3 is 10.0 Å². The number of piperidine rings is 1. The summed E-state index contributed by atoms with van der Waals surface area (Å²) >= 11 is 1.03. The number of likely N-dealkylation sites (tertiary alicyclic amines) is 1. The van der Waals surface area contributed by atoms with Crippen LogP contribution in [0.4, 0.5) is 0 Å². The lowest BCUT2D eigenvalue weighted by atomic mass is 9.82. The highest BCUT2D eigenvalue weighted by atomic mass is 32.1. The molecule has 2 heterocycles. The van der Waals surface area contributed by atoms with Crippen molar-refractivity contribution in [3.05, 3.63) is 11.1 Å². The lowest BCUT2D eigenvalue weighted by molar-refractivity contribution is -0.150. The van der Waals surface area contributed by atoms with Crippen LogP contribution >= 0.6 is 11.5 Å². The Bertz CT molecular complexity index is 434. The predicted molar refractivity (Wildman–Crippen MR) is 60.8 cm³/mol. The van der Waals surface area contributed by atoms with E-state index in [1.54, 1.807) is 11.8 Å². The second kappa shape index (κ2) is 4.40. The maximum Gasteiger partial charge on any atom is 0.311 e. The summed E-state index contributed by atoms with van der Waals surface area (Å²) in [4.78, 5) is 25.2. The predicted octanol–water partition coefficient (Wildman–Crippen LogP) is 0.865. The zero-order chi connectivity index (χ0) is 12.5. The zero-order valence-electron chi connectivity index (χ0n) is 9.42. The van der Waals surface area contributed by atoms with Gasteiger partial charge in [0.1, 0.15) is 4.88 Å². The Labute approximate surface area is 102 Å². The maximum atomic E-state index is 12.0. The Hall–Kier alpha value is -1.50. The molecule has 1 aromatic heterocycles. The Morgan fingerprint density at radius 2 is 2.35 bits per heavy atom. The minimum Gasteiger partial charge on any atom is -0.481 e. The highest BCUT2D eigenvalue weighted by Crippen LogP contribution is 2.30. The van der Waals surface area contributed by atoms with Crippen LogP contribution in [0.15, 0.2) is 6.20 Å². The van der Waals surface area contributed by atoms with Crippen molar-refractivity contribution < 1.29 is 14.7 Å². The topological polar surface area (TPSA) is 83.4 Å². The van der Waals surface area contributed by atoms with Crippen LogP contribution < -0.4 is 0 Å². The fraction of sp³-hybridized carbons (Fsp3) is 0.600. The summed E-state index contributed by atoms with van der Waals surface area (Å²) in [6, 6.07) is 0. The minimum atomic E-state index is -0.850. The number of hydrogen-bond acceptors (Lipinski definition) is 5. The molecular weight excluding hydrogens is 242 g/mol. The van der Waals surface area contributed by atoms with E-state index in [1.165, 1.54) is 6.20 Å². The Morgan fingerprint density at radius 1 is 1.59 bits per heavy atom. The number of aliphatic carboxylic acids is 1. The second-order valence-corrected chi connectivity index (χ2v) is 5.26. The van der Waals surface area contributed by atoms with E-state index in [0.29, 0.717) is 24.3 Å². The molecule has 0 bridgehead atoms. The summed E-state index contributed by atoms with van der Waals surface area (Å²) in [5, 5.41) is 12.8. The molecule has 1 N–H and O–H groups in total. The average Bonchev–Trinajstić information content (AvgIpc) is 2.81. The number of hydrogen-bond donors (Lipinski definition) is 1. The highest BCUT2D eigenvalue weighted by molar-refractivity contribution is 7.07. The molecule has 0 aromatic carbocycles. The molecular formula is C10H13N3O3S. The van der Waals surface area contributed by atoms with Gasteiger partial charge in [-0.1, -0.05) is 4.49 Å². The molecule has 6 nitrogen and oxygen atoms in total. The molecule has 1 aromatic rings.